The molecule has 5 rings (SSSR count). The van der Waals surface area contributed by atoms with Gasteiger partial charge >= 0.3 is 6.09 Å². The number of hydrogen-bond acceptors (Lipinski definition) is 9. The zero-order valence-electron chi connectivity index (χ0n) is 17.3. The van der Waals surface area contributed by atoms with Gasteiger partial charge in [-0.3, -0.25) is 4.90 Å². The summed E-state index contributed by atoms with van der Waals surface area (Å²) in [5.41, 5.74) is 9.32. The maximum atomic E-state index is 15.9. The summed E-state index contributed by atoms with van der Waals surface area (Å²) < 4.78 is 43.3. The van der Waals surface area contributed by atoms with Gasteiger partial charge in [-0.15, -0.1) is 0 Å². The van der Waals surface area contributed by atoms with Crippen molar-refractivity contribution >= 4 is 28.6 Å². The number of cyclic esters (lactones) is 1. The Morgan fingerprint density at radius 2 is 2.12 bits per heavy atom. The zero-order valence-corrected chi connectivity index (χ0v) is 17.3. The Hall–Kier alpha value is -3.12. The van der Waals surface area contributed by atoms with E-state index in [2.05, 4.69) is 15.2 Å². The lowest BCUT2D eigenvalue weighted by molar-refractivity contribution is -0.0440. The number of nitrogens with zero attached hydrogens (tertiary/aromatic N) is 6. The third-order valence-electron chi connectivity index (χ3n) is 5.67. The van der Waals surface area contributed by atoms with E-state index in [1.165, 1.54) is 4.90 Å². The van der Waals surface area contributed by atoms with Crippen molar-refractivity contribution in [1.29, 1.82) is 0 Å². The molecular formula is C19H21FN6O6. The van der Waals surface area contributed by atoms with Crippen molar-refractivity contribution in [2.24, 2.45) is 5.11 Å². The van der Waals surface area contributed by atoms with Crippen LogP contribution in [0.15, 0.2) is 15.7 Å². The minimum Gasteiger partial charge on any atom is -0.447 e. The molecule has 0 radical (unpaired) electrons. The maximum Gasteiger partial charge on any atom is 0.416 e. The van der Waals surface area contributed by atoms with Gasteiger partial charge in [-0.2, -0.15) is 0 Å². The summed E-state index contributed by atoms with van der Waals surface area (Å²) in [6, 6.07) is 1.09. The number of carbonyl (C=O) groups excluding carboxylic acids is 1. The second-order valence-electron chi connectivity index (χ2n) is 7.73. The van der Waals surface area contributed by atoms with E-state index < -0.39 is 24.2 Å². The fourth-order valence-electron chi connectivity index (χ4n) is 4.25. The zero-order chi connectivity index (χ0) is 22.2. The molecule has 2 atom stereocenters. The van der Waals surface area contributed by atoms with Crippen LogP contribution in [0.4, 0.5) is 20.7 Å². The van der Waals surface area contributed by atoms with Crippen molar-refractivity contribution in [3.63, 3.8) is 0 Å². The van der Waals surface area contributed by atoms with Gasteiger partial charge in [0.2, 0.25) is 5.58 Å². The second kappa shape index (κ2) is 8.43. The number of carbonyl (C=O) groups is 1. The third kappa shape index (κ3) is 3.48. The summed E-state index contributed by atoms with van der Waals surface area (Å²) in [5, 5.41) is 7.76. The van der Waals surface area contributed by atoms with Gasteiger partial charge < -0.3 is 28.4 Å². The molecule has 0 unspecified atom stereocenters. The molecule has 0 bridgehead atoms. The van der Waals surface area contributed by atoms with E-state index >= 15 is 4.39 Å². The Kier molecular flexibility index (Phi) is 5.47. The first-order valence-electron chi connectivity index (χ1n) is 10.3. The minimum absolute atomic E-state index is 0.0140. The normalized spacial score (nSPS) is 24.2. The summed E-state index contributed by atoms with van der Waals surface area (Å²) in [6.45, 7) is 4.09. The van der Waals surface area contributed by atoms with Crippen LogP contribution in [-0.2, 0) is 18.9 Å². The predicted molar refractivity (Wildman–Crippen MR) is 108 cm³/mol. The summed E-state index contributed by atoms with van der Waals surface area (Å²) >= 11 is 0. The van der Waals surface area contributed by atoms with Crippen molar-refractivity contribution in [2.75, 3.05) is 55.9 Å². The van der Waals surface area contributed by atoms with Crippen molar-refractivity contribution < 1.29 is 32.7 Å². The molecular weight excluding hydrogens is 427 g/mol. The molecule has 3 aliphatic rings. The topological polar surface area (TPSA) is 135 Å². The molecule has 0 saturated carbocycles. The highest BCUT2D eigenvalue weighted by molar-refractivity contribution is 6.01. The summed E-state index contributed by atoms with van der Waals surface area (Å²) in [7, 11) is 0. The van der Waals surface area contributed by atoms with Crippen LogP contribution in [0.25, 0.3) is 21.4 Å². The lowest BCUT2D eigenvalue weighted by Crippen LogP contribution is -2.42. The van der Waals surface area contributed by atoms with E-state index in [1.54, 1.807) is 6.07 Å². The standard InChI is InChI=1S/C19H21FN6O6/c1-10-8-25(2-3-28-10)15-12(18-29-4-5-30-18)6-13-16(14(15)20)32-23-17(13)26-11(7-22-24-21)9-31-19(26)27/h6,10-11,18H,2-5,7-9H2,1H3/t10-,11+/m1/s1. The molecule has 170 valence electrons. The van der Waals surface area contributed by atoms with Crippen molar-refractivity contribution in [1.82, 2.24) is 5.16 Å². The highest BCUT2D eigenvalue weighted by Crippen LogP contribution is 2.42. The molecule has 4 heterocycles. The number of morpholine rings is 1. The van der Waals surface area contributed by atoms with Crippen LogP contribution < -0.4 is 9.80 Å². The van der Waals surface area contributed by atoms with Crippen LogP contribution in [0.1, 0.15) is 18.8 Å². The van der Waals surface area contributed by atoms with Gasteiger partial charge in [0, 0.05) is 23.6 Å². The number of rotatable bonds is 5. The summed E-state index contributed by atoms with van der Waals surface area (Å²) in [6.07, 6.45) is -1.53. The van der Waals surface area contributed by atoms with E-state index in [9.17, 15) is 4.79 Å². The number of hydrogen-bond donors (Lipinski definition) is 0. The Bertz CT molecular complexity index is 1080. The predicted octanol–water partition coefficient (Wildman–Crippen LogP) is 2.87. The first kappa shape index (κ1) is 20.8. The molecule has 0 N–H and O–H groups in total. The van der Waals surface area contributed by atoms with Gasteiger partial charge in [0.05, 0.1) is 49.6 Å². The molecule has 2 aromatic rings. The molecule has 3 fully saturated rings. The van der Waals surface area contributed by atoms with Crippen LogP contribution in [0, 0.1) is 5.82 Å². The number of fused-ring (bicyclic) bond motifs is 1. The van der Waals surface area contributed by atoms with Crippen molar-refractivity contribution in [2.45, 2.75) is 25.4 Å². The highest BCUT2D eigenvalue weighted by Gasteiger charge is 2.39. The Balaban J connectivity index is 1.64. The van der Waals surface area contributed by atoms with Crippen molar-refractivity contribution in [3.05, 3.63) is 27.9 Å². The molecule has 32 heavy (non-hydrogen) atoms. The van der Waals surface area contributed by atoms with E-state index in [0.717, 1.165) is 0 Å². The number of aromatic nitrogens is 1. The van der Waals surface area contributed by atoms with Crippen LogP contribution >= 0.6 is 0 Å². The quantitative estimate of drug-likeness (QED) is 0.387. The number of ether oxygens (including phenoxy) is 4. The number of benzene rings is 1. The second-order valence-corrected chi connectivity index (χ2v) is 7.73. The molecule has 0 aliphatic carbocycles. The molecule has 1 amide bonds. The SMILES string of the molecule is C[C@@H]1CN(c2c(C3OCCO3)cc3c(N4C(=O)OC[C@@H]4CN=[N+]=[N-])noc3c2F)CCO1. The molecule has 12 nitrogen and oxygen atoms in total. The Morgan fingerprint density at radius 3 is 2.88 bits per heavy atom. The van der Waals surface area contributed by atoms with Crippen LogP contribution in [0.3, 0.4) is 0 Å². The average Bonchev–Trinajstić information content (AvgIpc) is 3.52. The van der Waals surface area contributed by atoms with Gasteiger partial charge in [0.1, 0.15) is 6.61 Å². The number of azide groups is 1. The molecule has 3 saturated heterocycles. The van der Waals surface area contributed by atoms with Crippen molar-refractivity contribution in [3.8, 4) is 0 Å². The molecule has 1 aromatic heterocycles. The van der Waals surface area contributed by atoms with Gasteiger partial charge in [-0.25, -0.2) is 9.18 Å². The number of halogens is 1. The van der Waals surface area contributed by atoms with Gasteiger partial charge in [0.25, 0.3) is 0 Å². The monoisotopic (exact) mass is 448 g/mol. The minimum atomic E-state index is -0.769. The molecule has 3 aliphatic heterocycles. The van der Waals surface area contributed by atoms with Gasteiger partial charge in [0.15, 0.2) is 17.9 Å². The first-order chi connectivity index (χ1) is 15.6. The summed E-state index contributed by atoms with van der Waals surface area (Å²) in [5.74, 6) is -0.538. The van der Waals surface area contributed by atoms with E-state index in [4.69, 9.17) is 29.0 Å². The smallest absolute Gasteiger partial charge is 0.416 e. The van der Waals surface area contributed by atoms with E-state index in [-0.39, 0.29) is 36.0 Å². The highest BCUT2D eigenvalue weighted by atomic mass is 19.1. The number of anilines is 2. The van der Waals surface area contributed by atoms with E-state index in [0.29, 0.717) is 44.2 Å². The van der Waals surface area contributed by atoms with E-state index in [1.807, 2.05) is 11.8 Å². The Morgan fingerprint density at radius 1 is 1.31 bits per heavy atom. The molecule has 1 aromatic carbocycles. The Labute approximate surface area is 181 Å². The fraction of sp³-hybridized carbons (Fsp3) is 0.579. The molecule has 0 spiro atoms. The van der Waals surface area contributed by atoms with Crippen LogP contribution in [0.5, 0.6) is 0 Å². The van der Waals surface area contributed by atoms with Crippen LogP contribution in [-0.4, -0.2) is 69.5 Å². The average molecular weight is 448 g/mol. The fourth-order valence-corrected chi connectivity index (χ4v) is 4.25. The largest absolute Gasteiger partial charge is 0.447 e. The lowest BCUT2D eigenvalue weighted by atomic mass is 10.1. The lowest BCUT2D eigenvalue weighted by Gasteiger charge is -2.34. The maximum absolute atomic E-state index is 15.9. The number of amides is 1. The first-order valence-corrected chi connectivity index (χ1v) is 10.3. The van der Waals surface area contributed by atoms with Crippen LogP contribution in [0.2, 0.25) is 0 Å². The molecule has 13 heteroatoms. The van der Waals surface area contributed by atoms with Gasteiger partial charge in [-0.05, 0) is 18.5 Å². The summed E-state index contributed by atoms with van der Waals surface area (Å²) in [4.78, 5) is 18.2. The third-order valence-corrected chi connectivity index (χ3v) is 5.67. The van der Waals surface area contributed by atoms with Gasteiger partial charge in [-0.1, -0.05) is 10.3 Å².